The smallest absolute Gasteiger partial charge is 0.119 e. The second kappa shape index (κ2) is 6.19. The number of rotatable bonds is 4. The van der Waals surface area contributed by atoms with Crippen LogP contribution in [-0.4, -0.2) is 7.11 Å². The SMILES string of the molecule is COc1ccc2cc(C(Cl)Cc3ccccc3)ccc2c1. The van der Waals surface area contributed by atoms with Gasteiger partial charge in [0.05, 0.1) is 12.5 Å². The zero-order valence-corrected chi connectivity index (χ0v) is 12.7. The Bertz CT molecular complexity index is 737. The van der Waals surface area contributed by atoms with E-state index in [1.807, 2.05) is 30.3 Å². The summed E-state index contributed by atoms with van der Waals surface area (Å²) < 4.78 is 5.25. The van der Waals surface area contributed by atoms with Crippen LogP contribution >= 0.6 is 11.6 Å². The summed E-state index contributed by atoms with van der Waals surface area (Å²) in [6.45, 7) is 0. The van der Waals surface area contributed by atoms with Crippen molar-refractivity contribution < 1.29 is 4.74 Å². The molecule has 106 valence electrons. The van der Waals surface area contributed by atoms with Crippen LogP contribution in [-0.2, 0) is 6.42 Å². The van der Waals surface area contributed by atoms with Gasteiger partial charge in [0.15, 0.2) is 0 Å². The van der Waals surface area contributed by atoms with E-state index in [1.54, 1.807) is 7.11 Å². The van der Waals surface area contributed by atoms with Crippen molar-refractivity contribution in [1.82, 2.24) is 0 Å². The van der Waals surface area contributed by atoms with E-state index in [0.717, 1.165) is 17.7 Å². The number of fused-ring (bicyclic) bond motifs is 1. The number of hydrogen-bond donors (Lipinski definition) is 0. The van der Waals surface area contributed by atoms with Gasteiger partial charge in [0.1, 0.15) is 5.75 Å². The number of benzene rings is 3. The van der Waals surface area contributed by atoms with Crippen molar-refractivity contribution in [3.05, 3.63) is 77.9 Å². The fraction of sp³-hybridized carbons (Fsp3) is 0.158. The van der Waals surface area contributed by atoms with Crippen LogP contribution in [0.4, 0.5) is 0 Å². The van der Waals surface area contributed by atoms with Crippen LogP contribution in [0.5, 0.6) is 5.75 Å². The molecule has 0 fully saturated rings. The topological polar surface area (TPSA) is 9.23 Å². The molecule has 3 aromatic carbocycles. The van der Waals surface area contributed by atoms with Gasteiger partial charge >= 0.3 is 0 Å². The lowest BCUT2D eigenvalue weighted by Gasteiger charge is -2.11. The Morgan fingerprint density at radius 2 is 1.62 bits per heavy atom. The molecule has 3 aromatic rings. The van der Waals surface area contributed by atoms with E-state index < -0.39 is 0 Å². The van der Waals surface area contributed by atoms with Crippen molar-refractivity contribution in [1.29, 1.82) is 0 Å². The van der Waals surface area contributed by atoms with E-state index >= 15 is 0 Å². The second-order valence-corrected chi connectivity index (χ2v) is 5.66. The highest BCUT2D eigenvalue weighted by molar-refractivity contribution is 6.21. The van der Waals surface area contributed by atoms with Gasteiger partial charge in [-0.3, -0.25) is 0 Å². The van der Waals surface area contributed by atoms with E-state index in [-0.39, 0.29) is 5.38 Å². The van der Waals surface area contributed by atoms with Crippen molar-refractivity contribution in [3.63, 3.8) is 0 Å². The van der Waals surface area contributed by atoms with Crippen LogP contribution in [0, 0.1) is 0 Å². The molecule has 1 atom stereocenters. The third-order valence-electron chi connectivity index (χ3n) is 3.69. The zero-order valence-electron chi connectivity index (χ0n) is 11.9. The molecule has 0 bridgehead atoms. The minimum absolute atomic E-state index is 0.0149. The number of methoxy groups -OCH3 is 1. The van der Waals surface area contributed by atoms with Crippen molar-refractivity contribution >= 4 is 22.4 Å². The Morgan fingerprint density at radius 1 is 0.905 bits per heavy atom. The predicted octanol–water partition coefficient (Wildman–Crippen LogP) is 5.37. The average Bonchev–Trinajstić information content (AvgIpc) is 2.54. The molecule has 0 aliphatic rings. The molecule has 0 heterocycles. The van der Waals surface area contributed by atoms with Crippen molar-refractivity contribution in [3.8, 4) is 5.75 Å². The predicted molar refractivity (Wildman–Crippen MR) is 89.2 cm³/mol. The van der Waals surface area contributed by atoms with Gasteiger partial charge in [-0.05, 0) is 46.5 Å². The Labute approximate surface area is 130 Å². The molecule has 0 aliphatic carbocycles. The highest BCUT2D eigenvalue weighted by atomic mass is 35.5. The minimum Gasteiger partial charge on any atom is -0.497 e. The monoisotopic (exact) mass is 296 g/mol. The second-order valence-electron chi connectivity index (χ2n) is 5.13. The van der Waals surface area contributed by atoms with Gasteiger partial charge in [-0.15, -0.1) is 11.6 Å². The fourth-order valence-corrected chi connectivity index (χ4v) is 2.82. The lowest BCUT2D eigenvalue weighted by atomic mass is 10.0. The van der Waals surface area contributed by atoms with Crippen molar-refractivity contribution in [2.45, 2.75) is 11.8 Å². The molecule has 0 aliphatic heterocycles. The molecule has 0 amide bonds. The molecule has 3 rings (SSSR count). The molecule has 0 aromatic heterocycles. The molecular weight excluding hydrogens is 280 g/mol. The van der Waals surface area contributed by atoms with E-state index in [0.29, 0.717) is 0 Å². The molecule has 1 unspecified atom stereocenters. The summed E-state index contributed by atoms with van der Waals surface area (Å²) in [6.07, 6.45) is 0.837. The Kier molecular flexibility index (Phi) is 4.12. The van der Waals surface area contributed by atoms with Crippen LogP contribution in [0.25, 0.3) is 10.8 Å². The van der Waals surface area contributed by atoms with Crippen molar-refractivity contribution in [2.75, 3.05) is 7.11 Å². The first-order chi connectivity index (χ1) is 10.3. The molecule has 0 saturated carbocycles. The molecule has 0 spiro atoms. The van der Waals surface area contributed by atoms with Gasteiger partial charge in [0.2, 0.25) is 0 Å². The van der Waals surface area contributed by atoms with Crippen LogP contribution < -0.4 is 4.74 Å². The average molecular weight is 297 g/mol. The van der Waals surface area contributed by atoms with E-state index in [1.165, 1.54) is 16.3 Å². The lowest BCUT2D eigenvalue weighted by Crippen LogP contribution is -1.95. The highest BCUT2D eigenvalue weighted by Crippen LogP contribution is 2.29. The first-order valence-electron chi connectivity index (χ1n) is 7.02. The van der Waals surface area contributed by atoms with Crippen LogP contribution in [0.1, 0.15) is 16.5 Å². The molecule has 1 nitrogen and oxygen atoms in total. The van der Waals surface area contributed by atoms with Gasteiger partial charge in [-0.25, -0.2) is 0 Å². The number of alkyl halides is 1. The van der Waals surface area contributed by atoms with Gasteiger partial charge in [-0.1, -0.05) is 48.5 Å². The number of halogens is 1. The largest absolute Gasteiger partial charge is 0.497 e. The maximum absolute atomic E-state index is 6.57. The third-order valence-corrected chi connectivity index (χ3v) is 4.10. The molecule has 0 N–H and O–H groups in total. The molecule has 2 heteroatoms. The summed E-state index contributed by atoms with van der Waals surface area (Å²) in [5, 5.41) is 2.34. The Morgan fingerprint density at radius 3 is 2.38 bits per heavy atom. The molecule has 0 radical (unpaired) electrons. The zero-order chi connectivity index (χ0) is 14.7. The van der Waals surface area contributed by atoms with Crippen LogP contribution in [0.15, 0.2) is 66.7 Å². The fourth-order valence-electron chi connectivity index (χ4n) is 2.50. The summed E-state index contributed by atoms with van der Waals surface area (Å²) in [4.78, 5) is 0. The Balaban J connectivity index is 1.86. The van der Waals surface area contributed by atoms with E-state index in [9.17, 15) is 0 Å². The molecule has 0 saturated heterocycles. The Hall–Kier alpha value is -1.99. The van der Waals surface area contributed by atoms with Gasteiger partial charge in [0.25, 0.3) is 0 Å². The standard InChI is InChI=1S/C19H17ClO/c1-21-18-10-9-15-12-17(8-7-16(15)13-18)19(20)11-14-5-3-2-4-6-14/h2-10,12-13,19H,11H2,1H3. The summed E-state index contributed by atoms with van der Waals surface area (Å²) in [5.74, 6) is 0.877. The number of ether oxygens (including phenoxy) is 1. The van der Waals surface area contributed by atoms with E-state index in [2.05, 4.69) is 36.4 Å². The molecular formula is C19H17ClO. The van der Waals surface area contributed by atoms with Crippen LogP contribution in [0.3, 0.4) is 0 Å². The first kappa shape index (κ1) is 14.0. The number of hydrogen-bond acceptors (Lipinski definition) is 1. The summed E-state index contributed by atoms with van der Waals surface area (Å²) in [7, 11) is 1.68. The highest BCUT2D eigenvalue weighted by Gasteiger charge is 2.09. The third kappa shape index (κ3) is 3.20. The molecule has 21 heavy (non-hydrogen) atoms. The maximum Gasteiger partial charge on any atom is 0.119 e. The minimum atomic E-state index is -0.0149. The van der Waals surface area contributed by atoms with Crippen LogP contribution in [0.2, 0.25) is 0 Å². The van der Waals surface area contributed by atoms with Gasteiger partial charge < -0.3 is 4.74 Å². The first-order valence-corrected chi connectivity index (χ1v) is 7.45. The lowest BCUT2D eigenvalue weighted by molar-refractivity contribution is 0.415. The maximum atomic E-state index is 6.57. The van der Waals surface area contributed by atoms with E-state index in [4.69, 9.17) is 16.3 Å². The normalized spacial score (nSPS) is 12.3. The summed E-state index contributed by atoms with van der Waals surface area (Å²) in [6, 6.07) is 22.8. The summed E-state index contributed by atoms with van der Waals surface area (Å²) in [5.41, 5.74) is 2.41. The van der Waals surface area contributed by atoms with Gasteiger partial charge in [0, 0.05) is 0 Å². The van der Waals surface area contributed by atoms with Crippen molar-refractivity contribution in [2.24, 2.45) is 0 Å². The summed E-state index contributed by atoms with van der Waals surface area (Å²) >= 11 is 6.57. The van der Waals surface area contributed by atoms with Gasteiger partial charge in [-0.2, -0.15) is 0 Å². The quantitative estimate of drug-likeness (QED) is 0.588.